The zero-order valence-electron chi connectivity index (χ0n) is 10.0. The quantitative estimate of drug-likeness (QED) is 0.675. The number of nitrogens with one attached hydrogen (secondary N) is 2. The summed E-state index contributed by atoms with van der Waals surface area (Å²) in [5.74, 6) is -0.0316. The van der Waals surface area contributed by atoms with Crippen molar-refractivity contribution in [2.24, 2.45) is 0 Å². The Morgan fingerprint density at radius 3 is 2.75 bits per heavy atom. The molecule has 0 aromatic heterocycles. The first-order chi connectivity index (χ1) is 7.49. The zero-order chi connectivity index (χ0) is 12.1. The van der Waals surface area contributed by atoms with Crippen LogP contribution in [0.1, 0.15) is 19.4 Å². The fourth-order valence-electron chi connectivity index (χ4n) is 1.37. The van der Waals surface area contributed by atoms with Crippen LogP contribution in [0.4, 0.5) is 11.4 Å². The summed E-state index contributed by atoms with van der Waals surface area (Å²) in [5, 5.41) is 5.83. The van der Waals surface area contributed by atoms with Gasteiger partial charge in [-0.3, -0.25) is 4.79 Å². The highest BCUT2D eigenvalue weighted by Crippen LogP contribution is 2.18. The van der Waals surface area contributed by atoms with Crippen molar-refractivity contribution in [3.05, 3.63) is 23.8 Å². The Kier molecular flexibility index (Phi) is 4.17. The highest BCUT2D eigenvalue weighted by Gasteiger charge is 2.04. The lowest BCUT2D eigenvalue weighted by Crippen LogP contribution is -2.34. The highest BCUT2D eigenvalue weighted by atomic mass is 16.1. The maximum Gasteiger partial charge on any atom is 0.239 e. The molecule has 4 nitrogen and oxygen atoms in total. The van der Waals surface area contributed by atoms with E-state index in [1.54, 1.807) is 0 Å². The molecule has 0 atom stereocenters. The second-order valence-electron chi connectivity index (χ2n) is 4.17. The van der Waals surface area contributed by atoms with Crippen LogP contribution in [-0.4, -0.2) is 18.5 Å². The largest absolute Gasteiger partial charge is 0.397 e. The van der Waals surface area contributed by atoms with Crippen molar-refractivity contribution < 1.29 is 4.79 Å². The van der Waals surface area contributed by atoms with E-state index in [1.165, 1.54) is 0 Å². The molecule has 0 aliphatic heterocycles. The molecule has 0 radical (unpaired) electrons. The molecule has 0 saturated carbocycles. The summed E-state index contributed by atoms with van der Waals surface area (Å²) >= 11 is 0. The van der Waals surface area contributed by atoms with Gasteiger partial charge in [-0.1, -0.05) is 6.07 Å². The number of anilines is 2. The molecule has 0 bridgehead atoms. The summed E-state index contributed by atoms with van der Waals surface area (Å²) in [6.45, 7) is 6.09. The minimum Gasteiger partial charge on any atom is -0.397 e. The number of aryl methyl sites for hydroxylation is 1. The van der Waals surface area contributed by atoms with Gasteiger partial charge in [-0.2, -0.15) is 0 Å². The van der Waals surface area contributed by atoms with Crippen LogP contribution >= 0.6 is 0 Å². The van der Waals surface area contributed by atoms with Gasteiger partial charge in [0.1, 0.15) is 0 Å². The Labute approximate surface area is 96.2 Å². The highest BCUT2D eigenvalue weighted by molar-refractivity contribution is 5.82. The van der Waals surface area contributed by atoms with Crippen LogP contribution in [0.5, 0.6) is 0 Å². The second-order valence-corrected chi connectivity index (χ2v) is 4.17. The molecule has 0 aliphatic rings. The van der Waals surface area contributed by atoms with Gasteiger partial charge in [0.15, 0.2) is 0 Å². The summed E-state index contributed by atoms with van der Waals surface area (Å²) in [5.41, 5.74) is 8.35. The number of benzene rings is 1. The first-order valence-electron chi connectivity index (χ1n) is 5.38. The van der Waals surface area contributed by atoms with Gasteiger partial charge in [-0.05, 0) is 38.5 Å². The monoisotopic (exact) mass is 221 g/mol. The van der Waals surface area contributed by atoms with E-state index >= 15 is 0 Å². The van der Waals surface area contributed by atoms with Crippen molar-refractivity contribution in [3.8, 4) is 0 Å². The lowest BCUT2D eigenvalue weighted by Gasteiger charge is -2.12. The number of rotatable bonds is 4. The first kappa shape index (κ1) is 12.4. The van der Waals surface area contributed by atoms with E-state index in [2.05, 4.69) is 10.6 Å². The van der Waals surface area contributed by atoms with Gasteiger partial charge < -0.3 is 16.4 Å². The Balaban J connectivity index is 2.54. The van der Waals surface area contributed by atoms with E-state index in [0.717, 1.165) is 11.3 Å². The van der Waals surface area contributed by atoms with E-state index in [1.807, 2.05) is 39.0 Å². The lowest BCUT2D eigenvalue weighted by atomic mass is 10.2. The number of carbonyl (C=O) groups excluding carboxylic acids is 1. The van der Waals surface area contributed by atoms with Gasteiger partial charge in [-0.25, -0.2) is 0 Å². The molecule has 1 amide bonds. The topological polar surface area (TPSA) is 67.1 Å². The van der Waals surface area contributed by atoms with Gasteiger partial charge in [0.25, 0.3) is 0 Å². The van der Waals surface area contributed by atoms with Crippen LogP contribution in [0.2, 0.25) is 0 Å². The molecule has 0 aliphatic carbocycles. The third-order valence-corrected chi connectivity index (χ3v) is 2.10. The number of hydrogen-bond donors (Lipinski definition) is 3. The number of amides is 1. The fourth-order valence-corrected chi connectivity index (χ4v) is 1.37. The maximum absolute atomic E-state index is 11.4. The lowest BCUT2D eigenvalue weighted by molar-refractivity contribution is -0.119. The van der Waals surface area contributed by atoms with Crippen LogP contribution in [0.15, 0.2) is 18.2 Å². The summed E-state index contributed by atoms with van der Waals surface area (Å²) in [4.78, 5) is 11.4. The Hall–Kier alpha value is -1.71. The van der Waals surface area contributed by atoms with Gasteiger partial charge in [0.2, 0.25) is 5.91 Å². The molecule has 88 valence electrons. The van der Waals surface area contributed by atoms with Crippen molar-refractivity contribution in [1.82, 2.24) is 5.32 Å². The van der Waals surface area contributed by atoms with Gasteiger partial charge in [-0.15, -0.1) is 0 Å². The number of hydrogen-bond acceptors (Lipinski definition) is 3. The maximum atomic E-state index is 11.4. The minimum atomic E-state index is -0.0316. The third kappa shape index (κ3) is 3.81. The summed E-state index contributed by atoms with van der Waals surface area (Å²) in [6, 6.07) is 5.86. The van der Waals surface area contributed by atoms with Crippen molar-refractivity contribution in [2.75, 3.05) is 17.6 Å². The van der Waals surface area contributed by atoms with Gasteiger partial charge >= 0.3 is 0 Å². The fraction of sp³-hybridized carbons (Fsp3) is 0.417. The average molecular weight is 221 g/mol. The Morgan fingerprint density at radius 1 is 1.44 bits per heavy atom. The number of nitrogen functional groups attached to an aromatic ring is 1. The van der Waals surface area contributed by atoms with Crippen LogP contribution in [-0.2, 0) is 4.79 Å². The predicted molar refractivity (Wildman–Crippen MR) is 67.4 cm³/mol. The normalized spacial score (nSPS) is 10.2. The molecule has 4 heteroatoms. The van der Waals surface area contributed by atoms with E-state index in [-0.39, 0.29) is 18.5 Å². The van der Waals surface area contributed by atoms with Crippen LogP contribution in [0.25, 0.3) is 0 Å². The third-order valence-electron chi connectivity index (χ3n) is 2.10. The smallest absolute Gasteiger partial charge is 0.239 e. The van der Waals surface area contributed by atoms with E-state index in [4.69, 9.17) is 5.73 Å². The average Bonchev–Trinajstić information content (AvgIpc) is 2.18. The minimum absolute atomic E-state index is 0.0316. The van der Waals surface area contributed by atoms with E-state index in [0.29, 0.717) is 5.69 Å². The summed E-state index contributed by atoms with van der Waals surface area (Å²) < 4.78 is 0. The van der Waals surface area contributed by atoms with E-state index in [9.17, 15) is 4.79 Å². The standard InChI is InChI=1S/C12H19N3O/c1-8(2)15-12(16)7-14-11-6-9(3)4-5-10(11)13/h4-6,8,14H,7,13H2,1-3H3,(H,15,16). The van der Waals surface area contributed by atoms with E-state index < -0.39 is 0 Å². The van der Waals surface area contributed by atoms with Crippen LogP contribution in [0.3, 0.4) is 0 Å². The SMILES string of the molecule is Cc1ccc(N)c(NCC(=O)NC(C)C)c1. The van der Waals surface area contributed by atoms with Crippen molar-refractivity contribution >= 4 is 17.3 Å². The second kappa shape index (κ2) is 5.39. The van der Waals surface area contributed by atoms with Gasteiger partial charge in [0, 0.05) is 6.04 Å². The zero-order valence-corrected chi connectivity index (χ0v) is 10.0. The van der Waals surface area contributed by atoms with Crippen LogP contribution < -0.4 is 16.4 Å². The Morgan fingerprint density at radius 2 is 2.12 bits per heavy atom. The first-order valence-corrected chi connectivity index (χ1v) is 5.38. The molecule has 1 rings (SSSR count). The Bertz CT molecular complexity index is 375. The molecule has 0 fully saturated rings. The summed E-state index contributed by atoms with van der Waals surface area (Å²) in [6.07, 6.45) is 0. The van der Waals surface area contributed by atoms with Crippen LogP contribution in [0, 0.1) is 6.92 Å². The van der Waals surface area contributed by atoms with Gasteiger partial charge in [0.05, 0.1) is 17.9 Å². The predicted octanol–water partition coefficient (Wildman–Crippen LogP) is 1.51. The summed E-state index contributed by atoms with van der Waals surface area (Å²) in [7, 11) is 0. The molecular weight excluding hydrogens is 202 g/mol. The van der Waals surface area contributed by atoms with Crippen molar-refractivity contribution in [1.29, 1.82) is 0 Å². The molecular formula is C12H19N3O. The molecule has 0 saturated heterocycles. The molecule has 4 N–H and O–H groups in total. The van der Waals surface area contributed by atoms with Crippen molar-refractivity contribution in [3.63, 3.8) is 0 Å². The molecule has 1 aromatic carbocycles. The molecule has 0 unspecified atom stereocenters. The van der Waals surface area contributed by atoms with Crippen molar-refractivity contribution in [2.45, 2.75) is 26.8 Å². The number of nitrogens with two attached hydrogens (primary N) is 1. The molecule has 0 heterocycles. The molecule has 0 spiro atoms. The number of carbonyl (C=O) groups is 1. The molecule has 1 aromatic rings. The molecule has 16 heavy (non-hydrogen) atoms.